The molecule has 0 bridgehead atoms. The first kappa shape index (κ1) is 15.5. The number of hydrogen-bond donors (Lipinski definition) is 0. The van der Waals surface area contributed by atoms with Crippen LogP contribution in [0.25, 0.3) is 0 Å². The molecule has 1 fully saturated rings. The number of benzene rings is 1. The highest BCUT2D eigenvalue weighted by atomic mass is 16.6. The molecule has 0 aliphatic heterocycles. The van der Waals surface area contributed by atoms with Crippen LogP contribution in [0.4, 0.5) is 0 Å². The van der Waals surface area contributed by atoms with Crippen molar-refractivity contribution in [3.8, 4) is 0 Å². The molecule has 1 saturated carbocycles. The predicted octanol–water partition coefficient (Wildman–Crippen LogP) is 3.79. The van der Waals surface area contributed by atoms with E-state index >= 15 is 0 Å². The van der Waals surface area contributed by atoms with Crippen molar-refractivity contribution in [2.24, 2.45) is 11.1 Å². The first-order valence-electron chi connectivity index (χ1n) is 7.56. The normalized spacial score (nSPS) is 16.6. The Morgan fingerprint density at radius 2 is 1.95 bits per heavy atom. The lowest BCUT2D eigenvalue weighted by molar-refractivity contribution is 0.0600. The number of methoxy groups -OCH3 is 1. The van der Waals surface area contributed by atoms with Gasteiger partial charge < -0.3 is 9.57 Å². The Hall–Kier alpha value is -1.84. The summed E-state index contributed by atoms with van der Waals surface area (Å²) in [5, 5.41) is 4.18. The summed E-state index contributed by atoms with van der Waals surface area (Å²) in [5.41, 5.74) is 2.18. The first-order chi connectivity index (χ1) is 10.2. The molecule has 114 valence electrons. The minimum atomic E-state index is -0.340. The minimum Gasteiger partial charge on any atom is -0.465 e. The topological polar surface area (TPSA) is 47.9 Å². The Labute approximate surface area is 126 Å². The number of rotatable bonds is 5. The van der Waals surface area contributed by atoms with Gasteiger partial charge in [-0.25, -0.2) is 4.79 Å². The van der Waals surface area contributed by atoms with Gasteiger partial charge in [0, 0.05) is 0 Å². The maximum absolute atomic E-state index is 11.5. The SMILES string of the molecule is COC(=O)c1cccc(/C(C)=N/OCC2CCCCC2)c1. The lowest BCUT2D eigenvalue weighted by atomic mass is 9.90. The number of carbonyl (C=O) groups excluding carboxylic acids is 1. The zero-order chi connectivity index (χ0) is 15.1. The van der Waals surface area contributed by atoms with Crippen LogP contribution in [0.1, 0.15) is 54.9 Å². The molecule has 0 saturated heterocycles. The van der Waals surface area contributed by atoms with Gasteiger partial charge in [-0.05, 0) is 43.4 Å². The van der Waals surface area contributed by atoms with E-state index in [1.165, 1.54) is 39.2 Å². The lowest BCUT2D eigenvalue weighted by Gasteiger charge is -2.19. The molecule has 0 N–H and O–H groups in total. The largest absolute Gasteiger partial charge is 0.465 e. The van der Waals surface area contributed by atoms with Gasteiger partial charge in [-0.1, -0.05) is 36.6 Å². The lowest BCUT2D eigenvalue weighted by Crippen LogP contribution is -2.12. The van der Waals surface area contributed by atoms with E-state index in [0.29, 0.717) is 18.1 Å². The molecule has 1 aromatic carbocycles. The van der Waals surface area contributed by atoms with Crippen LogP contribution < -0.4 is 0 Å². The van der Waals surface area contributed by atoms with Gasteiger partial charge >= 0.3 is 5.97 Å². The molecular formula is C17H23NO3. The van der Waals surface area contributed by atoms with Crippen molar-refractivity contribution in [1.82, 2.24) is 0 Å². The molecule has 4 nitrogen and oxygen atoms in total. The third-order valence-electron chi connectivity index (χ3n) is 3.94. The van der Waals surface area contributed by atoms with E-state index in [-0.39, 0.29) is 5.97 Å². The molecule has 0 radical (unpaired) electrons. The second kappa shape index (κ2) is 7.81. The Balaban J connectivity index is 1.93. The monoisotopic (exact) mass is 289 g/mol. The molecule has 2 rings (SSSR count). The first-order valence-corrected chi connectivity index (χ1v) is 7.56. The predicted molar refractivity (Wildman–Crippen MR) is 82.5 cm³/mol. The molecule has 0 unspecified atom stereocenters. The molecule has 0 heterocycles. The maximum Gasteiger partial charge on any atom is 0.337 e. The minimum absolute atomic E-state index is 0.340. The van der Waals surface area contributed by atoms with E-state index in [4.69, 9.17) is 9.57 Å². The van der Waals surface area contributed by atoms with Gasteiger partial charge in [0.15, 0.2) is 0 Å². The van der Waals surface area contributed by atoms with E-state index in [9.17, 15) is 4.79 Å². The maximum atomic E-state index is 11.5. The Morgan fingerprint density at radius 3 is 2.67 bits per heavy atom. The summed E-state index contributed by atoms with van der Waals surface area (Å²) in [7, 11) is 1.38. The number of oxime groups is 1. The highest BCUT2D eigenvalue weighted by Gasteiger charge is 2.14. The molecule has 1 aromatic rings. The van der Waals surface area contributed by atoms with Crippen LogP contribution >= 0.6 is 0 Å². The van der Waals surface area contributed by atoms with Gasteiger partial charge in [-0.15, -0.1) is 0 Å². The van der Waals surface area contributed by atoms with Crippen LogP contribution in [-0.2, 0) is 9.57 Å². The van der Waals surface area contributed by atoms with Gasteiger partial charge in [0.25, 0.3) is 0 Å². The summed E-state index contributed by atoms with van der Waals surface area (Å²) in [6.07, 6.45) is 6.44. The highest BCUT2D eigenvalue weighted by Crippen LogP contribution is 2.23. The van der Waals surface area contributed by atoms with Gasteiger partial charge in [0.05, 0.1) is 18.4 Å². The summed E-state index contributed by atoms with van der Waals surface area (Å²) in [6, 6.07) is 7.23. The molecule has 1 aliphatic rings. The fourth-order valence-electron chi connectivity index (χ4n) is 2.64. The molecule has 0 aromatic heterocycles. The molecule has 0 amide bonds. The van der Waals surface area contributed by atoms with Gasteiger partial charge in [-0.3, -0.25) is 0 Å². The van der Waals surface area contributed by atoms with Crippen molar-refractivity contribution in [2.75, 3.05) is 13.7 Å². The van der Waals surface area contributed by atoms with E-state index in [2.05, 4.69) is 5.16 Å². The summed E-state index contributed by atoms with van der Waals surface area (Å²) in [5.74, 6) is 0.296. The summed E-state index contributed by atoms with van der Waals surface area (Å²) < 4.78 is 4.72. The van der Waals surface area contributed by atoms with Crippen molar-refractivity contribution in [3.05, 3.63) is 35.4 Å². The van der Waals surface area contributed by atoms with Gasteiger partial charge in [0.1, 0.15) is 6.61 Å². The number of nitrogens with zero attached hydrogens (tertiary/aromatic N) is 1. The Kier molecular flexibility index (Phi) is 5.78. The summed E-state index contributed by atoms with van der Waals surface area (Å²) in [4.78, 5) is 17.0. The van der Waals surface area contributed by atoms with Gasteiger partial charge in [0.2, 0.25) is 0 Å². The third kappa shape index (κ3) is 4.59. The molecular weight excluding hydrogens is 266 g/mol. The van der Waals surface area contributed by atoms with Crippen LogP contribution in [-0.4, -0.2) is 25.4 Å². The van der Waals surface area contributed by atoms with Crippen molar-refractivity contribution in [3.63, 3.8) is 0 Å². The van der Waals surface area contributed by atoms with Crippen LogP contribution in [0.3, 0.4) is 0 Å². The molecule has 1 aliphatic carbocycles. The van der Waals surface area contributed by atoms with E-state index in [1.807, 2.05) is 19.1 Å². The Bertz CT molecular complexity index is 505. The number of carbonyl (C=O) groups is 1. The average molecular weight is 289 g/mol. The molecule has 4 heteroatoms. The van der Waals surface area contributed by atoms with Crippen molar-refractivity contribution in [1.29, 1.82) is 0 Å². The fraction of sp³-hybridized carbons (Fsp3) is 0.529. The average Bonchev–Trinajstić information content (AvgIpc) is 2.55. The zero-order valence-electron chi connectivity index (χ0n) is 12.8. The highest BCUT2D eigenvalue weighted by molar-refractivity contribution is 6.00. The smallest absolute Gasteiger partial charge is 0.337 e. The number of ether oxygens (including phenoxy) is 1. The molecule has 0 atom stereocenters. The molecule has 21 heavy (non-hydrogen) atoms. The van der Waals surface area contributed by atoms with Crippen molar-refractivity contribution in [2.45, 2.75) is 39.0 Å². The number of esters is 1. The van der Waals surface area contributed by atoms with Crippen molar-refractivity contribution < 1.29 is 14.4 Å². The second-order valence-electron chi connectivity index (χ2n) is 5.55. The fourth-order valence-corrected chi connectivity index (χ4v) is 2.64. The van der Waals surface area contributed by atoms with E-state index in [1.54, 1.807) is 12.1 Å². The van der Waals surface area contributed by atoms with Crippen LogP contribution in [0.15, 0.2) is 29.4 Å². The quantitative estimate of drug-likeness (QED) is 0.470. The third-order valence-corrected chi connectivity index (χ3v) is 3.94. The van der Waals surface area contributed by atoms with E-state index in [0.717, 1.165) is 11.3 Å². The molecule has 0 spiro atoms. The van der Waals surface area contributed by atoms with Gasteiger partial charge in [-0.2, -0.15) is 0 Å². The summed E-state index contributed by atoms with van der Waals surface area (Å²) in [6.45, 7) is 2.57. The van der Waals surface area contributed by atoms with Crippen molar-refractivity contribution >= 4 is 11.7 Å². The van der Waals surface area contributed by atoms with Crippen LogP contribution in [0.5, 0.6) is 0 Å². The van der Waals surface area contributed by atoms with E-state index < -0.39 is 0 Å². The number of hydrogen-bond acceptors (Lipinski definition) is 4. The van der Waals surface area contributed by atoms with Crippen LogP contribution in [0.2, 0.25) is 0 Å². The summed E-state index contributed by atoms with van der Waals surface area (Å²) >= 11 is 0. The van der Waals surface area contributed by atoms with Crippen LogP contribution in [0, 0.1) is 5.92 Å². The second-order valence-corrected chi connectivity index (χ2v) is 5.55. The Morgan fingerprint density at radius 1 is 1.24 bits per heavy atom. The standard InChI is InChI=1S/C17H23NO3/c1-13(18-21-12-14-7-4-3-5-8-14)15-9-6-10-16(11-15)17(19)20-2/h6,9-11,14H,3-5,7-8,12H2,1-2H3/b18-13+. The zero-order valence-corrected chi connectivity index (χ0v) is 12.8.